The number of fused-ring (bicyclic) bond motifs is 1. The smallest absolute Gasteiger partial charge is 0.0278 e. The van der Waals surface area contributed by atoms with Crippen LogP contribution in [0, 0.1) is 5.92 Å². The molecule has 1 aromatic rings. The zero-order valence-electron chi connectivity index (χ0n) is 11.7. The van der Waals surface area contributed by atoms with Crippen molar-refractivity contribution < 1.29 is 0 Å². The lowest BCUT2D eigenvalue weighted by molar-refractivity contribution is 0.335. The molecule has 2 nitrogen and oxygen atoms in total. The number of nitrogens with two attached hydrogens (primary N) is 1. The summed E-state index contributed by atoms with van der Waals surface area (Å²) >= 11 is 0. The summed E-state index contributed by atoms with van der Waals surface area (Å²) in [6.45, 7) is 4.50. The molecule has 3 N–H and O–H groups in total. The van der Waals surface area contributed by atoms with E-state index in [9.17, 15) is 0 Å². The van der Waals surface area contributed by atoms with Gasteiger partial charge in [-0.3, -0.25) is 11.3 Å². The number of hydrogen-bond donors (Lipinski definition) is 2. The van der Waals surface area contributed by atoms with E-state index >= 15 is 0 Å². The van der Waals surface area contributed by atoms with Crippen molar-refractivity contribution in [2.75, 3.05) is 0 Å². The molecule has 0 saturated heterocycles. The van der Waals surface area contributed by atoms with Crippen molar-refractivity contribution in [2.45, 2.75) is 58.4 Å². The second-order valence-corrected chi connectivity index (χ2v) is 5.51. The molecule has 0 radical (unpaired) electrons. The van der Waals surface area contributed by atoms with Gasteiger partial charge in [-0.2, -0.15) is 0 Å². The number of rotatable bonds is 6. The van der Waals surface area contributed by atoms with E-state index < -0.39 is 0 Å². The van der Waals surface area contributed by atoms with E-state index in [1.54, 1.807) is 11.1 Å². The molecule has 1 unspecified atom stereocenters. The highest BCUT2D eigenvalue weighted by Gasteiger charge is 2.18. The highest BCUT2D eigenvalue weighted by atomic mass is 15.2. The first-order valence-electron chi connectivity index (χ1n) is 7.35. The van der Waals surface area contributed by atoms with E-state index in [1.807, 2.05) is 0 Å². The van der Waals surface area contributed by atoms with Gasteiger partial charge in [0.1, 0.15) is 0 Å². The number of hydrazine groups is 1. The van der Waals surface area contributed by atoms with E-state index in [0.717, 1.165) is 6.42 Å². The van der Waals surface area contributed by atoms with Crippen molar-refractivity contribution in [3.05, 3.63) is 34.9 Å². The third-order valence-electron chi connectivity index (χ3n) is 4.45. The normalized spacial score (nSPS) is 16.0. The molecule has 1 aromatic carbocycles. The van der Waals surface area contributed by atoms with Crippen molar-refractivity contribution in [2.24, 2.45) is 11.8 Å². The molecule has 0 bridgehead atoms. The molecule has 0 aromatic heterocycles. The minimum Gasteiger partial charge on any atom is -0.271 e. The lowest BCUT2D eigenvalue weighted by Crippen LogP contribution is -2.42. The maximum absolute atomic E-state index is 5.74. The lowest BCUT2D eigenvalue weighted by Gasteiger charge is -2.24. The molecule has 1 aliphatic rings. The third-order valence-corrected chi connectivity index (χ3v) is 4.45. The van der Waals surface area contributed by atoms with Crippen LogP contribution in [0.2, 0.25) is 0 Å². The average Bonchev–Trinajstić information content (AvgIpc) is 2.86. The predicted octanol–water partition coefficient (Wildman–Crippen LogP) is 2.99. The monoisotopic (exact) mass is 246 g/mol. The molecule has 0 aliphatic heterocycles. The van der Waals surface area contributed by atoms with Crippen LogP contribution in [0.4, 0.5) is 0 Å². The number of benzene rings is 1. The average molecular weight is 246 g/mol. The summed E-state index contributed by atoms with van der Waals surface area (Å²) in [5.41, 5.74) is 7.57. The zero-order chi connectivity index (χ0) is 13.0. The van der Waals surface area contributed by atoms with Gasteiger partial charge >= 0.3 is 0 Å². The molecular weight excluding hydrogens is 220 g/mol. The van der Waals surface area contributed by atoms with Crippen molar-refractivity contribution in [3.8, 4) is 0 Å². The van der Waals surface area contributed by atoms with Gasteiger partial charge in [0.25, 0.3) is 0 Å². The quantitative estimate of drug-likeness (QED) is 0.598. The van der Waals surface area contributed by atoms with Gasteiger partial charge in [-0.25, -0.2) is 0 Å². The minimum atomic E-state index is 0.402. The van der Waals surface area contributed by atoms with Crippen LogP contribution in [0.5, 0.6) is 0 Å². The van der Waals surface area contributed by atoms with Crippen LogP contribution in [-0.4, -0.2) is 6.04 Å². The van der Waals surface area contributed by atoms with Gasteiger partial charge in [0.15, 0.2) is 0 Å². The lowest BCUT2D eigenvalue weighted by atomic mass is 9.89. The molecule has 0 amide bonds. The van der Waals surface area contributed by atoms with Crippen LogP contribution in [0.3, 0.4) is 0 Å². The molecule has 0 saturated carbocycles. The zero-order valence-corrected chi connectivity index (χ0v) is 11.7. The van der Waals surface area contributed by atoms with E-state index in [1.165, 1.54) is 37.7 Å². The fourth-order valence-corrected chi connectivity index (χ4v) is 3.23. The van der Waals surface area contributed by atoms with Gasteiger partial charge in [-0.05, 0) is 48.3 Å². The van der Waals surface area contributed by atoms with E-state index in [0.29, 0.717) is 12.0 Å². The number of nitrogens with one attached hydrogen (secondary N) is 1. The third kappa shape index (κ3) is 2.93. The van der Waals surface area contributed by atoms with Crippen molar-refractivity contribution >= 4 is 0 Å². The van der Waals surface area contributed by atoms with Crippen LogP contribution in [0.1, 0.15) is 49.8 Å². The summed E-state index contributed by atoms with van der Waals surface area (Å²) in [4.78, 5) is 0. The first-order valence-corrected chi connectivity index (χ1v) is 7.35. The summed E-state index contributed by atoms with van der Waals surface area (Å²) in [6.07, 6.45) is 7.28. The van der Waals surface area contributed by atoms with E-state index in [4.69, 9.17) is 5.84 Å². The first kappa shape index (κ1) is 13.6. The Balaban J connectivity index is 2.07. The largest absolute Gasteiger partial charge is 0.271 e. The second kappa shape index (κ2) is 6.35. The second-order valence-electron chi connectivity index (χ2n) is 5.51. The van der Waals surface area contributed by atoms with Crippen molar-refractivity contribution in [3.63, 3.8) is 0 Å². The molecular formula is C16H26N2. The Kier molecular flexibility index (Phi) is 4.79. The standard InChI is InChI=1S/C16H26N2/c1-3-13(4-2)16(18-17)11-12-8-9-14-6-5-7-15(14)10-12/h8-10,13,16,18H,3-7,11,17H2,1-2H3. The van der Waals surface area contributed by atoms with Crippen LogP contribution in [0.15, 0.2) is 18.2 Å². The van der Waals surface area contributed by atoms with Crippen LogP contribution < -0.4 is 11.3 Å². The van der Waals surface area contributed by atoms with Gasteiger partial charge in [-0.15, -0.1) is 0 Å². The van der Waals surface area contributed by atoms with Crippen LogP contribution >= 0.6 is 0 Å². The van der Waals surface area contributed by atoms with Gasteiger partial charge in [-0.1, -0.05) is 44.9 Å². The molecule has 2 rings (SSSR count). The topological polar surface area (TPSA) is 38.0 Å². The number of hydrogen-bond acceptors (Lipinski definition) is 2. The predicted molar refractivity (Wildman–Crippen MR) is 77.4 cm³/mol. The maximum atomic E-state index is 5.74. The maximum Gasteiger partial charge on any atom is 0.0278 e. The van der Waals surface area contributed by atoms with Gasteiger partial charge in [0.05, 0.1) is 0 Å². The van der Waals surface area contributed by atoms with Crippen molar-refractivity contribution in [1.82, 2.24) is 5.43 Å². The molecule has 0 fully saturated rings. The van der Waals surface area contributed by atoms with E-state index in [2.05, 4.69) is 37.5 Å². The van der Waals surface area contributed by atoms with Crippen LogP contribution in [0.25, 0.3) is 0 Å². The summed E-state index contributed by atoms with van der Waals surface area (Å²) in [5.74, 6) is 6.41. The highest BCUT2D eigenvalue weighted by Crippen LogP contribution is 2.24. The molecule has 2 heteroatoms. The Hall–Kier alpha value is -0.860. The van der Waals surface area contributed by atoms with Gasteiger partial charge in [0.2, 0.25) is 0 Å². The van der Waals surface area contributed by atoms with E-state index in [-0.39, 0.29) is 0 Å². The molecule has 0 spiro atoms. The SMILES string of the molecule is CCC(CC)C(Cc1ccc2c(c1)CCC2)NN. The summed E-state index contributed by atoms with van der Waals surface area (Å²) in [7, 11) is 0. The molecule has 1 aliphatic carbocycles. The first-order chi connectivity index (χ1) is 8.78. The summed E-state index contributed by atoms with van der Waals surface area (Å²) in [6, 6.07) is 7.41. The van der Waals surface area contributed by atoms with Crippen molar-refractivity contribution in [1.29, 1.82) is 0 Å². The molecule has 100 valence electrons. The summed E-state index contributed by atoms with van der Waals surface area (Å²) < 4.78 is 0. The van der Waals surface area contributed by atoms with Gasteiger partial charge in [0, 0.05) is 6.04 Å². The van der Waals surface area contributed by atoms with Gasteiger partial charge < -0.3 is 0 Å². The Bertz CT molecular complexity index is 383. The Morgan fingerprint density at radius 2 is 1.89 bits per heavy atom. The number of aryl methyl sites for hydroxylation is 2. The Morgan fingerprint density at radius 3 is 2.56 bits per heavy atom. The fraction of sp³-hybridized carbons (Fsp3) is 0.625. The summed E-state index contributed by atoms with van der Waals surface area (Å²) in [5, 5.41) is 0. The Labute approximate surface area is 111 Å². The Morgan fingerprint density at radius 1 is 1.17 bits per heavy atom. The molecule has 18 heavy (non-hydrogen) atoms. The molecule has 0 heterocycles. The van der Waals surface area contributed by atoms with Crippen LogP contribution in [-0.2, 0) is 19.3 Å². The fourth-order valence-electron chi connectivity index (χ4n) is 3.23. The highest BCUT2D eigenvalue weighted by molar-refractivity contribution is 5.35. The minimum absolute atomic E-state index is 0.402. The molecule has 1 atom stereocenters.